The van der Waals surface area contributed by atoms with Crippen molar-refractivity contribution in [2.75, 3.05) is 53.2 Å². The number of anilines is 1. The molecule has 1 fully saturated rings. The van der Waals surface area contributed by atoms with Gasteiger partial charge < -0.3 is 30.5 Å². The summed E-state index contributed by atoms with van der Waals surface area (Å²) >= 11 is 6.05. The van der Waals surface area contributed by atoms with Crippen molar-refractivity contribution in [3.8, 4) is 5.75 Å². The normalized spacial score (nSPS) is 19.9. The summed E-state index contributed by atoms with van der Waals surface area (Å²) in [5, 5.41) is 12.2. The van der Waals surface area contributed by atoms with E-state index in [0.29, 0.717) is 43.1 Å². The average Bonchev–Trinajstić information content (AvgIpc) is 2.68. The highest BCUT2D eigenvalue weighted by Crippen LogP contribution is 2.29. The zero-order chi connectivity index (χ0) is 20.8. The summed E-state index contributed by atoms with van der Waals surface area (Å²) in [5.74, 6) is 0.0346. The molecule has 2 rings (SSSR count). The topological polar surface area (TPSA) is 117 Å². The third-order valence-corrected chi connectivity index (χ3v) is 5.23. The van der Waals surface area contributed by atoms with Gasteiger partial charge in [-0.15, -0.1) is 0 Å². The third-order valence-electron chi connectivity index (χ3n) is 4.90. The number of carbonyl (C=O) groups is 2. The largest absolute Gasteiger partial charge is 0.496 e. The van der Waals surface area contributed by atoms with E-state index < -0.39 is 6.09 Å². The van der Waals surface area contributed by atoms with E-state index in [9.17, 15) is 9.59 Å². The summed E-state index contributed by atoms with van der Waals surface area (Å²) in [5.41, 5.74) is 6.41. The van der Waals surface area contributed by atoms with Crippen LogP contribution in [-0.4, -0.2) is 86.5 Å². The number of likely N-dealkylation sites (tertiary alicyclic amines) is 1. The third kappa shape index (κ3) is 5.40. The first-order valence-electron chi connectivity index (χ1n) is 8.89. The second-order valence-corrected chi connectivity index (χ2v) is 7.13. The van der Waals surface area contributed by atoms with Crippen LogP contribution in [0.4, 0.5) is 10.5 Å². The molecule has 2 amide bonds. The molecule has 1 aliphatic heterocycles. The Bertz CT molecular complexity index is 717. The van der Waals surface area contributed by atoms with E-state index in [0.717, 1.165) is 6.54 Å². The van der Waals surface area contributed by atoms with Gasteiger partial charge in [-0.05, 0) is 12.5 Å². The molecule has 0 unspecified atom stereocenters. The highest BCUT2D eigenvalue weighted by atomic mass is 35.5. The highest BCUT2D eigenvalue weighted by molar-refractivity contribution is 6.33. The first kappa shape index (κ1) is 22.1. The number of rotatable bonds is 7. The number of nitrogen functional groups attached to an aromatic ring is 1. The maximum atomic E-state index is 12.8. The Labute approximate surface area is 169 Å². The first-order chi connectivity index (χ1) is 13.3. The molecule has 10 heteroatoms. The van der Waals surface area contributed by atoms with Crippen LogP contribution < -0.4 is 15.8 Å². The van der Waals surface area contributed by atoms with Crippen molar-refractivity contribution >= 4 is 29.3 Å². The number of nitrogens with two attached hydrogens (primary N) is 1. The summed E-state index contributed by atoms with van der Waals surface area (Å²) in [4.78, 5) is 27.0. The second-order valence-electron chi connectivity index (χ2n) is 6.72. The van der Waals surface area contributed by atoms with Crippen LogP contribution in [0, 0.1) is 0 Å². The number of nitrogens with one attached hydrogen (secondary N) is 1. The monoisotopic (exact) mass is 414 g/mol. The molecule has 4 N–H and O–H groups in total. The van der Waals surface area contributed by atoms with Gasteiger partial charge in [-0.25, -0.2) is 4.79 Å². The number of methoxy groups -OCH3 is 2. The number of hydrogen-bond acceptors (Lipinski definition) is 6. The number of carboxylic acid groups (broad SMARTS) is 1. The minimum atomic E-state index is -0.957. The Hall–Kier alpha value is -2.23. The molecule has 1 heterocycles. The number of nitrogens with zero attached hydrogens (tertiary/aromatic N) is 2. The number of halogens is 1. The molecule has 0 spiro atoms. The molecule has 1 aromatic rings. The number of carbonyl (C=O) groups excluding carboxylic acids is 1. The molecule has 9 nitrogen and oxygen atoms in total. The van der Waals surface area contributed by atoms with Crippen molar-refractivity contribution in [3.05, 3.63) is 22.7 Å². The van der Waals surface area contributed by atoms with Gasteiger partial charge in [-0.1, -0.05) is 11.6 Å². The van der Waals surface area contributed by atoms with Crippen molar-refractivity contribution in [2.45, 2.75) is 18.6 Å². The van der Waals surface area contributed by atoms with Gasteiger partial charge in [0.15, 0.2) is 0 Å². The fourth-order valence-corrected chi connectivity index (χ4v) is 3.30. The number of hydrogen-bond donors (Lipinski definition) is 3. The van der Waals surface area contributed by atoms with Crippen molar-refractivity contribution in [2.24, 2.45) is 0 Å². The SMILES string of the molecule is COc1cc(N)c(Cl)cc1C(=O)N[C@@H]1CCN(CCN(C)C(=O)O)C[C@@H]1OC. The first-order valence-corrected chi connectivity index (χ1v) is 9.27. The standard InChI is InChI=1S/C18H27ClN4O5/c1-22(18(25)26)6-7-23-5-4-14(16(10-23)28-3)21-17(24)11-8-12(19)13(20)9-15(11)27-2/h8-9,14,16H,4-7,10,20H2,1-3H3,(H,21,24)(H,25,26)/t14-,16+/m1/s1. The predicted octanol–water partition coefficient (Wildman–Crippen LogP) is 1.36. The molecule has 156 valence electrons. The Morgan fingerprint density at radius 1 is 1.43 bits per heavy atom. The van der Waals surface area contributed by atoms with E-state index in [2.05, 4.69) is 10.2 Å². The van der Waals surface area contributed by atoms with E-state index >= 15 is 0 Å². The van der Waals surface area contributed by atoms with Crippen LogP contribution in [0.2, 0.25) is 5.02 Å². The van der Waals surface area contributed by atoms with Crippen LogP contribution in [0.15, 0.2) is 12.1 Å². The molecule has 0 aromatic heterocycles. The lowest BCUT2D eigenvalue weighted by Gasteiger charge is -2.38. The molecule has 1 aromatic carbocycles. The number of piperidine rings is 1. The minimum absolute atomic E-state index is 0.188. The molecule has 1 aliphatic rings. The fourth-order valence-electron chi connectivity index (χ4n) is 3.14. The quantitative estimate of drug-likeness (QED) is 0.576. The van der Waals surface area contributed by atoms with Gasteiger partial charge in [0.2, 0.25) is 0 Å². The summed E-state index contributed by atoms with van der Waals surface area (Å²) in [6.45, 7) is 2.32. The Morgan fingerprint density at radius 2 is 2.14 bits per heavy atom. The molecule has 0 radical (unpaired) electrons. The summed E-state index contributed by atoms with van der Waals surface area (Å²) < 4.78 is 10.8. The molecule has 0 saturated carbocycles. The van der Waals surface area contributed by atoms with Crippen LogP contribution in [-0.2, 0) is 4.74 Å². The Morgan fingerprint density at radius 3 is 2.75 bits per heavy atom. The van der Waals surface area contributed by atoms with Gasteiger partial charge in [0.05, 0.1) is 35.5 Å². The van der Waals surface area contributed by atoms with E-state index in [4.69, 9.17) is 31.9 Å². The molecule has 0 aliphatic carbocycles. The van der Waals surface area contributed by atoms with Gasteiger partial charge in [-0.2, -0.15) is 0 Å². The van der Waals surface area contributed by atoms with Crippen molar-refractivity contribution in [1.82, 2.24) is 15.1 Å². The maximum Gasteiger partial charge on any atom is 0.407 e. The van der Waals surface area contributed by atoms with Crippen LogP contribution in [0.25, 0.3) is 0 Å². The fraction of sp³-hybridized carbons (Fsp3) is 0.556. The molecular weight excluding hydrogens is 388 g/mol. The van der Waals surface area contributed by atoms with Crippen LogP contribution >= 0.6 is 11.6 Å². The molecule has 1 saturated heterocycles. The molecular formula is C18H27ClN4O5. The Balaban J connectivity index is 2.00. The lowest BCUT2D eigenvalue weighted by atomic mass is 10.0. The summed E-state index contributed by atoms with van der Waals surface area (Å²) in [6, 6.07) is 2.82. The smallest absolute Gasteiger partial charge is 0.407 e. The zero-order valence-corrected chi connectivity index (χ0v) is 17.0. The summed E-state index contributed by atoms with van der Waals surface area (Å²) in [7, 11) is 4.59. The van der Waals surface area contributed by atoms with Crippen molar-refractivity contribution < 1.29 is 24.2 Å². The van der Waals surface area contributed by atoms with E-state index in [1.54, 1.807) is 7.11 Å². The van der Waals surface area contributed by atoms with Crippen LogP contribution in [0.3, 0.4) is 0 Å². The molecule has 28 heavy (non-hydrogen) atoms. The maximum absolute atomic E-state index is 12.8. The average molecular weight is 415 g/mol. The number of ether oxygens (including phenoxy) is 2. The summed E-state index contributed by atoms with van der Waals surface area (Å²) in [6.07, 6.45) is -0.504. The van der Waals surface area contributed by atoms with Gasteiger partial charge in [0.25, 0.3) is 5.91 Å². The number of likely N-dealkylation sites (N-methyl/N-ethyl adjacent to an activating group) is 1. The van der Waals surface area contributed by atoms with Crippen LogP contribution in [0.5, 0.6) is 5.75 Å². The van der Waals surface area contributed by atoms with E-state index in [-0.39, 0.29) is 23.1 Å². The van der Waals surface area contributed by atoms with Gasteiger partial charge in [0, 0.05) is 46.4 Å². The lowest BCUT2D eigenvalue weighted by molar-refractivity contribution is 0.00480. The minimum Gasteiger partial charge on any atom is -0.496 e. The molecule has 0 bridgehead atoms. The lowest BCUT2D eigenvalue weighted by Crippen LogP contribution is -2.55. The van der Waals surface area contributed by atoms with Gasteiger partial charge in [0.1, 0.15) is 5.75 Å². The van der Waals surface area contributed by atoms with Crippen molar-refractivity contribution in [3.63, 3.8) is 0 Å². The van der Waals surface area contributed by atoms with E-state index in [1.807, 2.05) is 0 Å². The molecule has 2 atom stereocenters. The zero-order valence-electron chi connectivity index (χ0n) is 16.3. The van der Waals surface area contributed by atoms with Crippen LogP contribution in [0.1, 0.15) is 16.8 Å². The number of amides is 2. The van der Waals surface area contributed by atoms with Crippen molar-refractivity contribution in [1.29, 1.82) is 0 Å². The number of benzene rings is 1. The highest BCUT2D eigenvalue weighted by Gasteiger charge is 2.31. The van der Waals surface area contributed by atoms with E-state index in [1.165, 1.54) is 31.2 Å². The van der Waals surface area contributed by atoms with Gasteiger partial charge in [-0.3, -0.25) is 9.69 Å². The van der Waals surface area contributed by atoms with Gasteiger partial charge >= 0.3 is 6.09 Å². The second kappa shape index (κ2) is 9.81. The predicted molar refractivity (Wildman–Crippen MR) is 106 cm³/mol. The Kier molecular flexibility index (Phi) is 7.73.